The summed E-state index contributed by atoms with van der Waals surface area (Å²) in [5.41, 5.74) is 5.32. The Morgan fingerprint density at radius 3 is 2.30 bits per heavy atom. The number of piperidine rings is 1. The monoisotopic (exact) mass is 283 g/mol. The van der Waals surface area contributed by atoms with E-state index < -0.39 is 5.60 Å². The van der Waals surface area contributed by atoms with Crippen LogP contribution in [-0.2, 0) is 4.74 Å². The first-order chi connectivity index (χ1) is 9.37. The van der Waals surface area contributed by atoms with Crippen molar-refractivity contribution >= 4 is 6.09 Å². The maximum Gasteiger partial charge on any atom is 0.410 e. The van der Waals surface area contributed by atoms with Crippen LogP contribution < -0.4 is 5.73 Å². The van der Waals surface area contributed by atoms with E-state index in [4.69, 9.17) is 10.5 Å². The number of rotatable bonds is 3. The van der Waals surface area contributed by atoms with Gasteiger partial charge in [0, 0.05) is 25.6 Å². The van der Waals surface area contributed by atoms with E-state index in [1.165, 1.54) is 12.8 Å². The van der Waals surface area contributed by atoms with Gasteiger partial charge in [-0.15, -0.1) is 0 Å². The quantitative estimate of drug-likeness (QED) is 0.853. The van der Waals surface area contributed by atoms with Gasteiger partial charge in [0.05, 0.1) is 0 Å². The third kappa shape index (κ3) is 4.35. The molecule has 0 atom stereocenters. The Hall–Kier alpha value is -0.810. The fraction of sp³-hybridized carbons (Fsp3) is 0.933. The third-order valence-electron chi connectivity index (χ3n) is 4.17. The molecule has 20 heavy (non-hydrogen) atoms. The van der Waals surface area contributed by atoms with E-state index in [9.17, 15) is 4.79 Å². The molecule has 2 aliphatic rings. The molecule has 0 aromatic heterocycles. The Morgan fingerprint density at radius 2 is 1.80 bits per heavy atom. The Labute approximate surface area is 122 Å². The first-order valence-electron chi connectivity index (χ1n) is 7.77. The summed E-state index contributed by atoms with van der Waals surface area (Å²) in [7, 11) is 0. The highest BCUT2D eigenvalue weighted by Crippen LogP contribution is 2.23. The molecule has 0 unspecified atom stereocenters. The van der Waals surface area contributed by atoms with Crippen LogP contribution in [0, 0.1) is 11.8 Å². The summed E-state index contributed by atoms with van der Waals surface area (Å²) in [5.74, 6) is 1.32. The van der Waals surface area contributed by atoms with Crippen LogP contribution >= 0.6 is 0 Å². The molecule has 5 nitrogen and oxygen atoms in total. The van der Waals surface area contributed by atoms with E-state index in [0.717, 1.165) is 39.3 Å². The summed E-state index contributed by atoms with van der Waals surface area (Å²) in [6.07, 6.45) is 2.27. The first-order valence-corrected chi connectivity index (χ1v) is 7.77. The third-order valence-corrected chi connectivity index (χ3v) is 4.17. The van der Waals surface area contributed by atoms with E-state index in [0.29, 0.717) is 11.8 Å². The van der Waals surface area contributed by atoms with Gasteiger partial charge in [0.25, 0.3) is 0 Å². The molecule has 0 saturated carbocycles. The number of likely N-dealkylation sites (tertiary alicyclic amines) is 2. The van der Waals surface area contributed by atoms with Crippen molar-refractivity contribution in [2.75, 3.05) is 39.3 Å². The highest BCUT2D eigenvalue weighted by molar-refractivity contribution is 5.69. The van der Waals surface area contributed by atoms with Crippen LogP contribution in [0.5, 0.6) is 0 Å². The van der Waals surface area contributed by atoms with E-state index in [-0.39, 0.29) is 6.09 Å². The molecule has 2 heterocycles. The molecule has 2 rings (SSSR count). The molecule has 0 spiro atoms. The van der Waals surface area contributed by atoms with Crippen molar-refractivity contribution in [3.8, 4) is 0 Å². The van der Waals surface area contributed by atoms with Gasteiger partial charge in [-0.2, -0.15) is 0 Å². The predicted octanol–water partition coefficient (Wildman–Crippen LogP) is 1.52. The fourth-order valence-corrected chi connectivity index (χ4v) is 2.93. The molecular formula is C15H29N3O2. The smallest absolute Gasteiger partial charge is 0.410 e. The molecule has 0 aliphatic carbocycles. The summed E-state index contributed by atoms with van der Waals surface area (Å²) < 4.78 is 5.37. The molecular weight excluding hydrogens is 254 g/mol. The predicted molar refractivity (Wildman–Crippen MR) is 79.5 cm³/mol. The minimum absolute atomic E-state index is 0.171. The molecule has 116 valence electrons. The van der Waals surface area contributed by atoms with E-state index in [1.807, 2.05) is 25.7 Å². The van der Waals surface area contributed by atoms with Gasteiger partial charge in [-0.1, -0.05) is 0 Å². The second-order valence-electron chi connectivity index (χ2n) is 7.23. The zero-order valence-corrected chi connectivity index (χ0v) is 13.1. The number of carbonyl (C=O) groups excluding carboxylic acids is 1. The van der Waals surface area contributed by atoms with Crippen LogP contribution in [0.2, 0.25) is 0 Å². The SMILES string of the molecule is CC(C)(C)OC(=O)N1CC(CN2CCC(CN)CC2)C1. The molecule has 0 aromatic carbocycles. The number of nitrogens with two attached hydrogens (primary N) is 1. The first kappa shape index (κ1) is 15.6. The molecule has 1 amide bonds. The maximum atomic E-state index is 11.8. The van der Waals surface area contributed by atoms with Gasteiger partial charge in [-0.05, 0) is 59.2 Å². The molecule has 2 aliphatic heterocycles. The Bertz CT molecular complexity index is 327. The van der Waals surface area contributed by atoms with Gasteiger partial charge in [0.15, 0.2) is 0 Å². The summed E-state index contributed by atoms with van der Waals surface area (Å²) in [6, 6.07) is 0. The number of nitrogens with zero attached hydrogens (tertiary/aromatic N) is 2. The van der Waals surface area contributed by atoms with Crippen LogP contribution in [0.25, 0.3) is 0 Å². The average Bonchev–Trinajstić information content (AvgIpc) is 2.31. The lowest BCUT2D eigenvalue weighted by molar-refractivity contribution is -0.00797. The maximum absolute atomic E-state index is 11.8. The van der Waals surface area contributed by atoms with E-state index >= 15 is 0 Å². The van der Waals surface area contributed by atoms with Crippen molar-refractivity contribution < 1.29 is 9.53 Å². The van der Waals surface area contributed by atoms with Crippen LogP contribution in [0.1, 0.15) is 33.6 Å². The molecule has 0 bridgehead atoms. The van der Waals surface area contributed by atoms with Crippen molar-refractivity contribution in [1.82, 2.24) is 9.80 Å². The second-order valence-corrected chi connectivity index (χ2v) is 7.23. The number of ether oxygens (including phenoxy) is 1. The van der Waals surface area contributed by atoms with Gasteiger partial charge in [-0.25, -0.2) is 4.79 Å². The molecule has 2 saturated heterocycles. The summed E-state index contributed by atoms with van der Waals surface area (Å²) >= 11 is 0. The highest BCUT2D eigenvalue weighted by atomic mass is 16.6. The summed E-state index contributed by atoms with van der Waals surface area (Å²) in [5, 5.41) is 0. The van der Waals surface area contributed by atoms with Crippen molar-refractivity contribution in [3.05, 3.63) is 0 Å². The molecule has 0 aromatic rings. The summed E-state index contributed by atoms with van der Waals surface area (Å²) in [6.45, 7) is 11.6. The molecule has 2 fully saturated rings. The normalized spacial score (nSPS) is 22.7. The number of amides is 1. The Balaban J connectivity index is 1.63. The van der Waals surface area contributed by atoms with Crippen LogP contribution in [0.15, 0.2) is 0 Å². The van der Waals surface area contributed by atoms with Crippen LogP contribution in [0.4, 0.5) is 4.79 Å². The standard InChI is InChI=1S/C15H29N3O2/c1-15(2,3)20-14(19)18-10-13(11-18)9-17-6-4-12(8-16)5-7-17/h12-13H,4-11,16H2,1-3H3. The van der Waals surface area contributed by atoms with Crippen molar-refractivity contribution in [3.63, 3.8) is 0 Å². The van der Waals surface area contributed by atoms with Gasteiger partial charge in [0.1, 0.15) is 5.60 Å². The van der Waals surface area contributed by atoms with Crippen molar-refractivity contribution in [2.45, 2.75) is 39.2 Å². The van der Waals surface area contributed by atoms with Gasteiger partial charge < -0.3 is 20.3 Å². The van der Waals surface area contributed by atoms with Crippen LogP contribution in [-0.4, -0.2) is 60.8 Å². The fourth-order valence-electron chi connectivity index (χ4n) is 2.93. The lowest BCUT2D eigenvalue weighted by Gasteiger charge is -2.43. The number of carbonyl (C=O) groups is 1. The highest BCUT2D eigenvalue weighted by Gasteiger charge is 2.35. The molecule has 0 radical (unpaired) electrons. The van der Waals surface area contributed by atoms with Crippen molar-refractivity contribution in [1.29, 1.82) is 0 Å². The lowest BCUT2D eigenvalue weighted by atomic mass is 9.94. The Kier molecular flexibility index (Phi) is 4.91. The molecule has 2 N–H and O–H groups in total. The van der Waals surface area contributed by atoms with Gasteiger partial charge >= 0.3 is 6.09 Å². The minimum Gasteiger partial charge on any atom is -0.444 e. The van der Waals surface area contributed by atoms with Gasteiger partial charge in [-0.3, -0.25) is 0 Å². The second kappa shape index (κ2) is 6.31. The largest absolute Gasteiger partial charge is 0.444 e. The van der Waals surface area contributed by atoms with Gasteiger partial charge in [0.2, 0.25) is 0 Å². The Morgan fingerprint density at radius 1 is 1.20 bits per heavy atom. The molecule has 5 heteroatoms. The van der Waals surface area contributed by atoms with E-state index in [1.54, 1.807) is 0 Å². The lowest BCUT2D eigenvalue weighted by Crippen LogP contribution is -2.55. The topological polar surface area (TPSA) is 58.8 Å². The van der Waals surface area contributed by atoms with Crippen molar-refractivity contribution in [2.24, 2.45) is 17.6 Å². The number of hydrogen-bond donors (Lipinski definition) is 1. The minimum atomic E-state index is -0.397. The zero-order valence-electron chi connectivity index (χ0n) is 13.1. The number of hydrogen-bond acceptors (Lipinski definition) is 4. The van der Waals surface area contributed by atoms with Crippen LogP contribution in [0.3, 0.4) is 0 Å². The summed E-state index contributed by atoms with van der Waals surface area (Å²) in [4.78, 5) is 16.2. The zero-order chi connectivity index (χ0) is 14.8. The average molecular weight is 283 g/mol. The van der Waals surface area contributed by atoms with E-state index in [2.05, 4.69) is 4.90 Å².